The fraction of sp³-hybridized carbons (Fsp3) is 0.444. The molecule has 1 aliphatic heterocycles. The van der Waals surface area contributed by atoms with E-state index in [-0.39, 0.29) is 12.1 Å². The normalized spacial score (nSPS) is 16.1. The van der Waals surface area contributed by atoms with Crippen LogP contribution in [0.5, 0.6) is 0 Å². The van der Waals surface area contributed by atoms with Crippen LogP contribution in [0.3, 0.4) is 0 Å². The lowest BCUT2D eigenvalue weighted by atomic mass is 10.0. The van der Waals surface area contributed by atoms with Crippen LogP contribution in [0.1, 0.15) is 24.1 Å². The predicted octanol–water partition coefficient (Wildman–Crippen LogP) is 2.51. The predicted molar refractivity (Wildman–Crippen MR) is 94.8 cm³/mol. The Morgan fingerprint density at radius 2 is 1.96 bits per heavy atom. The topological polar surface area (TPSA) is 62.2 Å². The quantitative estimate of drug-likeness (QED) is 0.907. The lowest BCUT2D eigenvalue weighted by molar-refractivity contribution is 0.190. The molecule has 2 N–H and O–H groups in total. The number of hydrogen-bond donors (Lipinski definition) is 2. The zero-order chi connectivity index (χ0) is 16.9. The van der Waals surface area contributed by atoms with Gasteiger partial charge in [-0.05, 0) is 25.3 Å². The molecule has 1 aromatic carbocycles. The van der Waals surface area contributed by atoms with E-state index in [0.717, 1.165) is 38.2 Å². The summed E-state index contributed by atoms with van der Waals surface area (Å²) in [6.07, 6.45) is 1.95. The number of nitrogens with one attached hydrogen (secondary N) is 2. The molecule has 0 saturated carbocycles. The number of likely N-dealkylation sites (tertiary alicyclic amines) is 1. The molecule has 1 saturated heterocycles. The van der Waals surface area contributed by atoms with E-state index in [4.69, 9.17) is 0 Å². The molecule has 2 amide bonds. The van der Waals surface area contributed by atoms with Crippen molar-refractivity contribution in [2.45, 2.75) is 32.4 Å². The van der Waals surface area contributed by atoms with Crippen molar-refractivity contribution in [2.24, 2.45) is 7.05 Å². The van der Waals surface area contributed by atoms with Crippen molar-refractivity contribution in [3.63, 3.8) is 0 Å². The summed E-state index contributed by atoms with van der Waals surface area (Å²) in [5.41, 5.74) is 2.35. The Morgan fingerprint density at radius 3 is 2.58 bits per heavy atom. The van der Waals surface area contributed by atoms with Gasteiger partial charge < -0.3 is 5.32 Å². The average Bonchev–Trinajstić information content (AvgIpc) is 2.88. The second kappa shape index (κ2) is 7.49. The number of piperidine rings is 1. The highest BCUT2D eigenvalue weighted by molar-refractivity contribution is 5.88. The smallest absolute Gasteiger partial charge is 0.320 e. The molecule has 0 radical (unpaired) electrons. The van der Waals surface area contributed by atoms with Crippen LogP contribution in [0.25, 0.3) is 0 Å². The van der Waals surface area contributed by atoms with Crippen LogP contribution in [0, 0.1) is 6.92 Å². The molecule has 0 unspecified atom stereocenters. The van der Waals surface area contributed by atoms with Gasteiger partial charge in [-0.25, -0.2) is 4.79 Å². The molecule has 6 heteroatoms. The summed E-state index contributed by atoms with van der Waals surface area (Å²) in [6.45, 7) is 4.94. The fourth-order valence-electron chi connectivity index (χ4n) is 3.04. The monoisotopic (exact) mass is 327 g/mol. The van der Waals surface area contributed by atoms with Crippen LogP contribution < -0.4 is 10.6 Å². The maximum absolute atomic E-state index is 12.1. The summed E-state index contributed by atoms with van der Waals surface area (Å²) < 4.78 is 1.75. The Kier molecular flexibility index (Phi) is 5.15. The number of amides is 2. The maximum Gasteiger partial charge on any atom is 0.320 e. The fourth-order valence-corrected chi connectivity index (χ4v) is 3.04. The summed E-state index contributed by atoms with van der Waals surface area (Å²) in [4.78, 5) is 14.5. The van der Waals surface area contributed by atoms with Gasteiger partial charge in [0.1, 0.15) is 0 Å². The van der Waals surface area contributed by atoms with Gasteiger partial charge >= 0.3 is 6.03 Å². The molecular formula is C18H25N5O. The number of anilines is 1. The van der Waals surface area contributed by atoms with E-state index in [9.17, 15) is 4.79 Å². The number of urea groups is 1. The van der Waals surface area contributed by atoms with Crippen molar-refractivity contribution in [1.29, 1.82) is 0 Å². The first kappa shape index (κ1) is 16.5. The van der Waals surface area contributed by atoms with Crippen LogP contribution in [0.2, 0.25) is 0 Å². The van der Waals surface area contributed by atoms with Crippen LogP contribution in [-0.2, 0) is 13.6 Å². The first-order valence-corrected chi connectivity index (χ1v) is 8.44. The molecule has 0 atom stereocenters. The van der Waals surface area contributed by atoms with Crippen molar-refractivity contribution in [1.82, 2.24) is 20.0 Å². The van der Waals surface area contributed by atoms with Crippen LogP contribution >= 0.6 is 0 Å². The Labute approximate surface area is 142 Å². The van der Waals surface area contributed by atoms with Gasteiger partial charge in [0.2, 0.25) is 0 Å². The van der Waals surface area contributed by atoms with Gasteiger partial charge in [0, 0.05) is 44.5 Å². The Bertz CT molecular complexity index is 654. The number of rotatable bonds is 4. The van der Waals surface area contributed by atoms with Crippen molar-refractivity contribution in [2.75, 3.05) is 18.4 Å². The Balaban J connectivity index is 1.42. The lowest BCUT2D eigenvalue weighted by Gasteiger charge is -2.32. The van der Waals surface area contributed by atoms with Gasteiger partial charge in [0.25, 0.3) is 0 Å². The van der Waals surface area contributed by atoms with Crippen LogP contribution in [0.4, 0.5) is 10.6 Å². The third-order valence-corrected chi connectivity index (χ3v) is 4.53. The number of carbonyl (C=O) groups excluding carboxylic acids is 1. The highest BCUT2D eigenvalue weighted by Gasteiger charge is 2.21. The van der Waals surface area contributed by atoms with Crippen LogP contribution in [-0.4, -0.2) is 39.8 Å². The Hall–Kier alpha value is -2.34. The van der Waals surface area contributed by atoms with Crippen molar-refractivity contribution in [3.8, 4) is 0 Å². The summed E-state index contributed by atoms with van der Waals surface area (Å²) in [5, 5.41) is 10.1. The number of carbonyl (C=O) groups is 1. The minimum absolute atomic E-state index is 0.172. The molecule has 0 bridgehead atoms. The molecule has 1 aliphatic rings. The van der Waals surface area contributed by atoms with Crippen LogP contribution in [0.15, 0.2) is 36.4 Å². The number of aromatic nitrogens is 2. The van der Waals surface area contributed by atoms with Crippen molar-refractivity contribution in [3.05, 3.63) is 47.7 Å². The molecule has 6 nitrogen and oxygen atoms in total. The molecule has 2 heterocycles. The van der Waals surface area contributed by atoms with Gasteiger partial charge in [-0.1, -0.05) is 30.3 Å². The summed E-state index contributed by atoms with van der Waals surface area (Å²) in [5.74, 6) is 0.592. The summed E-state index contributed by atoms with van der Waals surface area (Å²) in [6, 6.07) is 12.4. The van der Waals surface area contributed by atoms with Gasteiger partial charge in [0.05, 0.1) is 0 Å². The standard InChI is InChI=1S/C18H25N5O/c1-14-12-17(21-22(14)2)20-18(24)19-16-8-10-23(11-9-16)13-15-6-4-3-5-7-15/h3-7,12,16H,8-11,13H2,1-2H3,(H2,19,20,21,24). The van der Waals surface area contributed by atoms with Gasteiger partial charge in [0.15, 0.2) is 5.82 Å². The van der Waals surface area contributed by atoms with E-state index in [1.54, 1.807) is 4.68 Å². The number of aryl methyl sites for hydroxylation is 2. The van der Waals surface area contributed by atoms with E-state index < -0.39 is 0 Å². The molecule has 24 heavy (non-hydrogen) atoms. The first-order chi connectivity index (χ1) is 11.6. The summed E-state index contributed by atoms with van der Waals surface area (Å²) in [7, 11) is 1.86. The highest BCUT2D eigenvalue weighted by Crippen LogP contribution is 2.14. The minimum atomic E-state index is -0.172. The highest BCUT2D eigenvalue weighted by atomic mass is 16.2. The minimum Gasteiger partial charge on any atom is -0.335 e. The number of hydrogen-bond acceptors (Lipinski definition) is 3. The average molecular weight is 327 g/mol. The summed E-state index contributed by atoms with van der Waals surface area (Å²) >= 11 is 0. The molecule has 1 fully saturated rings. The van der Waals surface area contributed by atoms with Gasteiger partial charge in [-0.2, -0.15) is 5.10 Å². The van der Waals surface area contributed by atoms with Crippen molar-refractivity contribution >= 4 is 11.8 Å². The number of nitrogens with zero attached hydrogens (tertiary/aromatic N) is 3. The molecule has 2 aromatic rings. The zero-order valence-electron chi connectivity index (χ0n) is 14.3. The third-order valence-electron chi connectivity index (χ3n) is 4.53. The van der Waals surface area contributed by atoms with E-state index in [0.29, 0.717) is 5.82 Å². The van der Waals surface area contributed by atoms with Gasteiger partial charge in [-0.3, -0.25) is 14.9 Å². The second-order valence-electron chi connectivity index (χ2n) is 6.43. The van der Waals surface area contributed by atoms with E-state index >= 15 is 0 Å². The zero-order valence-corrected chi connectivity index (χ0v) is 14.3. The second-order valence-corrected chi connectivity index (χ2v) is 6.43. The largest absolute Gasteiger partial charge is 0.335 e. The molecule has 1 aromatic heterocycles. The van der Waals surface area contributed by atoms with E-state index in [1.165, 1.54) is 5.56 Å². The molecule has 0 aliphatic carbocycles. The van der Waals surface area contributed by atoms with E-state index in [1.807, 2.05) is 26.1 Å². The van der Waals surface area contributed by atoms with E-state index in [2.05, 4.69) is 44.9 Å². The first-order valence-electron chi connectivity index (χ1n) is 8.44. The van der Waals surface area contributed by atoms with Gasteiger partial charge in [-0.15, -0.1) is 0 Å². The van der Waals surface area contributed by atoms with Crippen molar-refractivity contribution < 1.29 is 4.79 Å². The number of benzene rings is 1. The molecule has 0 spiro atoms. The molecule has 3 rings (SSSR count). The SMILES string of the molecule is Cc1cc(NC(=O)NC2CCN(Cc3ccccc3)CC2)nn1C. The maximum atomic E-state index is 12.1. The molecule has 128 valence electrons. The lowest BCUT2D eigenvalue weighted by Crippen LogP contribution is -2.45. The molecular weight excluding hydrogens is 302 g/mol. The Morgan fingerprint density at radius 1 is 1.25 bits per heavy atom. The third kappa shape index (κ3) is 4.35.